The minimum Gasteiger partial charge on any atom is -0.494 e. The van der Waals surface area contributed by atoms with E-state index in [0.717, 1.165) is 57.8 Å². The van der Waals surface area contributed by atoms with Crippen LogP contribution in [0.4, 0.5) is 11.4 Å². The van der Waals surface area contributed by atoms with Gasteiger partial charge in [-0.15, -0.1) is 0 Å². The molecule has 53 heavy (non-hydrogen) atoms. The first kappa shape index (κ1) is 32.2. The Morgan fingerprint density at radius 1 is 0.660 bits per heavy atom. The fraction of sp³-hybridized carbons (Fsp3) is 0.440. The van der Waals surface area contributed by atoms with E-state index in [-0.39, 0.29) is 11.5 Å². The van der Waals surface area contributed by atoms with Crippen LogP contribution in [-0.2, 0) is 9.47 Å². The molecule has 0 radical (unpaired) electrons. The number of para-hydroxylation sites is 1. The highest BCUT2D eigenvalue weighted by molar-refractivity contribution is 5.74. The number of ether oxygens (including phenoxy) is 2. The van der Waals surface area contributed by atoms with Crippen molar-refractivity contribution in [3.63, 3.8) is 0 Å². The zero-order valence-electron chi connectivity index (χ0n) is 31.3. The second kappa shape index (κ2) is 12.7. The molecule has 0 saturated carbocycles. The summed E-state index contributed by atoms with van der Waals surface area (Å²) in [6.07, 6.45) is 24.6. The van der Waals surface area contributed by atoms with Gasteiger partial charge in [-0.1, -0.05) is 91.9 Å². The topological polar surface area (TPSA) is 21.7 Å². The van der Waals surface area contributed by atoms with Crippen molar-refractivity contribution < 1.29 is 9.47 Å². The molecule has 3 heteroatoms. The summed E-state index contributed by atoms with van der Waals surface area (Å²) < 4.78 is 14.5. The van der Waals surface area contributed by atoms with Crippen molar-refractivity contribution in [3.05, 3.63) is 154 Å². The van der Waals surface area contributed by atoms with E-state index in [2.05, 4.69) is 115 Å². The summed E-state index contributed by atoms with van der Waals surface area (Å²) in [5.41, 5.74) is 12.1. The Morgan fingerprint density at radius 3 is 2.28 bits per heavy atom. The molecule has 3 aromatic rings. The van der Waals surface area contributed by atoms with Crippen LogP contribution in [0.2, 0.25) is 0 Å². The molecular weight excluding hydrogens is 647 g/mol. The van der Waals surface area contributed by atoms with Crippen LogP contribution in [0.25, 0.3) is 0 Å². The lowest BCUT2D eigenvalue weighted by molar-refractivity contribution is -0.0219. The molecule has 1 spiro atoms. The van der Waals surface area contributed by atoms with Crippen LogP contribution in [0.5, 0.6) is 0 Å². The third-order valence-electron chi connectivity index (χ3n) is 14.8. The fourth-order valence-corrected chi connectivity index (χ4v) is 12.5. The van der Waals surface area contributed by atoms with Crippen molar-refractivity contribution >= 4 is 11.4 Å². The molecule has 11 rings (SSSR count). The lowest BCUT2D eigenvalue weighted by Crippen LogP contribution is -2.52. The Labute approximate surface area is 316 Å². The fourth-order valence-electron chi connectivity index (χ4n) is 12.5. The van der Waals surface area contributed by atoms with Gasteiger partial charge in [0.25, 0.3) is 0 Å². The molecule has 0 N–H and O–H groups in total. The van der Waals surface area contributed by atoms with Crippen molar-refractivity contribution in [3.8, 4) is 0 Å². The molecule has 270 valence electrons. The van der Waals surface area contributed by atoms with Gasteiger partial charge < -0.3 is 14.4 Å². The second-order valence-corrected chi connectivity index (χ2v) is 17.6. The van der Waals surface area contributed by atoms with Crippen molar-refractivity contribution in [2.24, 2.45) is 17.3 Å². The summed E-state index contributed by atoms with van der Waals surface area (Å²) >= 11 is 0. The van der Waals surface area contributed by atoms with Gasteiger partial charge in [0.15, 0.2) is 0 Å². The van der Waals surface area contributed by atoms with Crippen LogP contribution in [0.1, 0.15) is 125 Å². The van der Waals surface area contributed by atoms with Crippen LogP contribution in [0.15, 0.2) is 137 Å². The summed E-state index contributed by atoms with van der Waals surface area (Å²) in [6, 6.07) is 30.6. The lowest BCUT2D eigenvalue weighted by atomic mass is 9.49. The van der Waals surface area contributed by atoms with Gasteiger partial charge >= 0.3 is 0 Å². The molecule has 0 bridgehead atoms. The quantitative estimate of drug-likeness (QED) is 0.254. The zero-order valence-corrected chi connectivity index (χ0v) is 31.3. The van der Waals surface area contributed by atoms with Gasteiger partial charge in [0.2, 0.25) is 0 Å². The normalized spacial score (nSPS) is 34.1. The third-order valence-corrected chi connectivity index (χ3v) is 14.8. The van der Waals surface area contributed by atoms with E-state index >= 15 is 0 Å². The Morgan fingerprint density at radius 2 is 1.42 bits per heavy atom. The summed E-state index contributed by atoms with van der Waals surface area (Å²) in [6.45, 7) is 2.48. The molecule has 0 aromatic heterocycles. The molecule has 0 amide bonds. The minimum atomic E-state index is -0.0664. The highest BCUT2D eigenvalue weighted by Crippen LogP contribution is 2.68. The van der Waals surface area contributed by atoms with Crippen molar-refractivity contribution in [1.29, 1.82) is 0 Å². The predicted molar refractivity (Wildman–Crippen MR) is 214 cm³/mol. The standard InChI is InChI=1S/C50H53NO2/c1-32-20-26-47-42(28-32)50(43-29-34(23-27-48(43)52-47)33-12-4-2-5-13-33)40-17-9-11-19-46(40)53-49-31-36(22-25-41(49)50)35-21-24-39-38-16-8-10-18-44(38)51(45(39)30-35)37-14-6-3-7-15-37/h2-9,11-16,21,24,30,32,34,36,38,40,44,46H,10,17-20,22-23,25-29,31H2,1H3. The average molecular weight is 700 g/mol. The van der Waals surface area contributed by atoms with Gasteiger partial charge in [-0.25, -0.2) is 0 Å². The number of hydrogen-bond donors (Lipinski definition) is 0. The van der Waals surface area contributed by atoms with Gasteiger partial charge in [0.1, 0.15) is 17.6 Å². The van der Waals surface area contributed by atoms with Crippen molar-refractivity contribution in [1.82, 2.24) is 0 Å². The lowest BCUT2D eigenvalue weighted by Gasteiger charge is -2.58. The van der Waals surface area contributed by atoms with E-state index < -0.39 is 0 Å². The van der Waals surface area contributed by atoms with Crippen LogP contribution in [0, 0.1) is 17.3 Å². The van der Waals surface area contributed by atoms with Gasteiger partial charge in [0.05, 0.1) is 11.2 Å². The molecular formula is C50H53NO2. The molecule has 3 aromatic carbocycles. The Kier molecular flexibility index (Phi) is 7.71. The maximum Gasteiger partial charge on any atom is 0.106 e. The molecule has 0 saturated heterocycles. The van der Waals surface area contributed by atoms with Crippen LogP contribution in [0.3, 0.4) is 0 Å². The van der Waals surface area contributed by atoms with Crippen molar-refractivity contribution in [2.75, 3.05) is 4.90 Å². The third kappa shape index (κ3) is 4.98. The first-order chi connectivity index (χ1) is 26.2. The van der Waals surface area contributed by atoms with Gasteiger partial charge in [-0.3, -0.25) is 0 Å². The largest absolute Gasteiger partial charge is 0.494 e. The highest BCUT2D eigenvalue weighted by atomic mass is 16.5. The predicted octanol–water partition coefficient (Wildman–Crippen LogP) is 12.8. The SMILES string of the molecule is CC1CCC2=C(C1)C1(C3=C(CCC(c4ccccc4)C3)O2)C2=C(CC(c3ccc4c(c3)N(c3ccccc3)C3CCC=CC43)CC2)OC2CC=CCC21. The first-order valence-electron chi connectivity index (χ1n) is 21.0. The average Bonchev–Trinajstić information content (AvgIpc) is 3.55. The van der Waals surface area contributed by atoms with E-state index in [0.29, 0.717) is 35.6 Å². The Bertz CT molecular complexity index is 2090. The number of benzene rings is 3. The minimum absolute atomic E-state index is 0.0664. The second-order valence-electron chi connectivity index (χ2n) is 17.6. The van der Waals surface area contributed by atoms with E-state index in [1.807, 2.05) is 0 Å². The summed E-state index contributed by atoms with van der Waals surface area (Å²) in [7, 11) is 0. The molecule has 3 heterocycles. The smallest absolute Gasteiger partial charge is 0.106 e. The van der Waals surface area contributed by atoms with E-state index in [1.54, 1.807) is 16.7 Å². The zero-order chi connectivity index (χ0) is 35.1. The van der Waals surface area contributed by atoms with Gasteiger partial charge in [-0.05, 0) is 127 Å². The van der Waals surface area contributed by atoms with Gasteiger partial charge in [-0.2, -0.15) is 0 Å². The number of allylic oxidation sites excluding steroid dienone is 8. The van der Waals surface area contributed by atoms with E-state index in [1.165, 1.54) is 71.0 Å². The molecule has 5 aliphatic carbocycles. The maximum atomic E-state index is 7.35. The van der Waals surface area contributed by atoms with Crippen LogP contribution >= 0.6 is 0 Å². The number of anilines is 2. The summed E-state index contributed by atoms with van der Waals surface area (Å²) in [5, 5.41) is 0. The Hall–Kier alpha value is -4.24. The molecule has 8 aliphatic rings. The van der Waals surface area contributed by atoms with Crippen LogP contribution < -0.4 is 4.90 Å². The number of rotatable bonds is 3. The summed E-state index contributed by atoms with van der Waals surface area (Å²) in [5.74, 6) is 6.58. The molecule has 3 nitrogen and oxygen atoms in total. The molecule has 0 fully saturated rings. The number of nitrogens with zero attached hydrogens (tertiary/aromatic N) is 1. The van der Waals surface area contributed by atoms with Crippen molar-refractivity contribution in [2.45, 2.75) is 120 Å². The molecule has 8 atom stereocenters. The first-order valence-corrected chi connectivity index (χ1v) is 21.0. The number of fused-ring (bicyclic) bond motifs is 8. The van der Waals surface area contributed by atoms with Gasteiger partial charge in [0, 0.05) is 54.9 Å². The number of hydrogen-bond acceptors (Lipinski definition) is 3. The van der Waals surface area contributed by atoms with E-state index in [4.69, 9.17) is 9.47 Å². The molecule has 8 unspecified atom stereocenters. The monoisotopic (exact) mass is 699 g/mol. The highest BCUT2D eigenvalue weighted by Gasteiger charge is 2.60. The van der Waals surface area contributed by atoms with E-state index in [9.17, 15) is 0 Å². The molecule has 3 aliphatic heterocycles. The Balaban J connectivity index is 1.02. The maximum absolute atomic E-state index is 7.35. The van der Waals surface area contributed by atoms with Crippen LogP contribution in [-0.4, -0.2) is 12.1 Å². The summed E-state index contributed by atoms with van der Waals surface area (Å²) in [4.78, 5) is 2.67.